The lowest BCUT2D eigenvalue weighted by Crippen LogP contribution is -2.56. The molecule has 2 aliphatic heterocycles. The number of aromatic nitrogens is 3. The number of nitrogen functional groups attached to an aromatic ring is 1. The third kappa shape index (κ3) is 5.45. The van der Waals surface area contributed by atoms with Crippen molar-refractivity contribution in [2.24, 2.45) is 5.73 Å². The molecule has 0 radical (unpaired) electrons. The number of carbonyl (C=O) groups is 1. The van der Waals surface area contributed by atoms with E-state index in [2.05, 4.69) is 20.9 Å². The first kappa shape index (κ1) is 30.1. The topological polar surface area (TPSA) is 151 Å². The molecule has 0 unspecified atom stereocenters. The lowest BCUT2D eigenvalue weighted by molar-refractivity contribution is -0.132. The molecule has 0 saturated carbocycles. The number of hydrogen-bond donors (Lipinski definition) is 2. The number of nitriles is 1. The Morgan fingerprint density at radius 3 is 2.75 bits per heavy atom. The molecule has 44 heavy (non-hydrogen) atoms. The van der Waals surface area contributed by atoms with E-state index in [9.17, 15) is 14.4 Å². The largest absolute Gasteiger partial charge is 0.462 e. The maximum absolute atomic E-state index is 16.7. The highest BCUT2D eigenvalue weighted by Gasteiger charge is 2.33. The zero-order valence-corrected chi connectivity index (χ0v) is 25.5. The number of hydrogen-bond acceptors (Lipinski definition) is 11. The van der Waals surface area contributed by atoms with Crippen molar-refractivity contribution in [1.29, 1.82) is 5.26 Å². The molecule has 0 aliphatic carbocycles. The van der Waals surface area contributed by atoms with Gasteiger partial charge in [-0.05, 0) is 44.6 Å². The van der Waals surface area contributed by atoms with Crippen LogP contribution in [0, 0.1) is 23.0 Å². The summed E-state index contributed by atoms with van der Waals surface area (Å²) < 4.78 is 37.5. The Balaban J connectivity index is 1.48. The second-order valence-electron chi connectivity index (χ2n) is 10.9. The Hall–Kier alpha value is -3.90. The molecule has 4 aromatic rings. The lowest BCUT2D eigenvalue weighted by atomic mass is 10.0. The molecule has 2 fully saturated rings. The van der Waals surface area contributed by atoms with E-state index in [-0.39, 0.29) is 74.5 Å². The number of thiazole rings is 1. The van der Waals surface area contributed by atoms with Crippen LogP contribution in [0.4, 0.5) is 19.7 Å². The summed E-state index contributed by atoms with van der Waals surface area (Å²) in [7, 11) is 2.02. The number of piperazine rings is 1. The Kier molecular flexibility index (Phi) is 8.38. The summed E-state index contributed by atoms with van der Waals surface area (Å²) in [6.45, 7) is 2.00. The number of nitrogens with zero attached hydrogens (tertiary/aromatic N) is 7. The average Bonchev–Trinajstić information content (AvgIpc) is 3.62. The summed E-state index contributed by atoms with van der Waals surface area (Å²) in [6.07, 6.45) is 2.08. The van der Waals surface area contributed by atoms with Gasteiger partial charge in [-0.15, -0.1) is 0 Å². The Morgan fingerprint density at radius 2 is 2.02 bits per heavy atom. The highest BCUT2D eigenvalue weighted by molar-refractivity contribution is 7.22. The minimum absolute atomic E-state index is 0.00121. The van der Waals surface area contributed by atoms with Crippen LogP contribution >= 0.6 is 22.9 Å². The van der Waals surface area contributed by atoms with Crippen LogP contribution in [0.25, 0.3) is 32.2 Å². The minimum atomic E-state index is -0.746. The number of rotatable bonds is 7. The zero-order valence-electron chi connectivity index (χ0n) is 23.9. The Bertz CT molecular complexity index is 1800. The van der Waals surface area contributed by atoms with Crippen LogP contribution in [0.3, 0.4) is 0 Å². The second kappa shape index (κ2) is 12.2. The van der Waals surface area contributed by atoms with Gasteiger partial charge in [-0.2, -0.15) is 15.2 Å². The highest BCUT2D eigenvalue weighted by Crippen LogP contribution is 2.43. The fourth-order valence-electron chi connectivity index (χ4n) is 6.04. The van der Waals surface area contributed by atoms with Crippen molar-refractivity contribution < 1.29 is 18.3 Å². The van der Waals surface area contributed by atoms with Crippen molar-refractivity contribution in [3.05, 3.63) is 34.9 Å². The van der Waals surface area contributed by atoms with Crippen molar-refractivity contribution in [2.75, 3.05) is 57.0 Å². The zero-order chi connectivity index (χ0) is 31.1. The van der Waals surface area contributed by atoms with Crippen LogP contribution in [0.2, 0.25) is 5.02 Å². The van der Waals surface area contributed by atoms with E-state index in [0.717, 1.165) is 30.7 Å². The van der Waals surface area contributed by atoms with Crippen molar-refractivity contribution in [2.45, 2.75) is 31.3 Å². The highest BCUT2D eigenvalue weighted by atomic mass is 35.5. The maximum Gasteiger partial charge on any atom is 0.319 e. The fourth-order valence-corrected chi connectivity index (χ4v) is 7.10. The number of fused-ring (bicyclic) bond motifs is 2. The molecule has 6 rings (SSSR count). The average molecular weight is 642 g/mol. The first-order valence-electron chi connectivity index (χ1n) is 14.2. The van der Waals surface area contributed by atoms with Gasteiger partial charge in [0.2, 0.25) is 5.91 Å². The molecule has 15 heteroatoms. The molecule has 2 atom stereocenters. The first-order valence-corrected chi connectivity index (χ1v) is 15.4. The minimum Gasteiger partial charge on any atom is -0.462 e. The van der Waals surface area contributed by atoms with Crippen LogP contribution in [-0.2, 0) is 4.79 Å². The second-order valence-corrected chi connectivity index (χ2v) is 12.4. The maximum atomic E-state index is 16.7. The molecule has 230 valence electrons. The van der Waals surface area contributed by atoms with E-state index < -0.39 is 17.7 Å². The number of carbonyl (C=O) groups excluding carboxylic acids is 1. The number of anilines is 2. The monoisotopic (exact) mass is 641 g/mol. The standard InChI is InChI=1S/C29H30ClF2N9O2S/c1-39-8-2-3-16(39)14-43-29-37-24-18(27(38-29)40-9-10-41(21(42)12-34)15(13-40)6-7-33)11-19(30)22(23(24)32)17-4-5-20(31)26-25(17)36-28(35)44-26/h4-5,11,15-16H,2-3,6,8-10,12-14,34H2,1H3,(H2,35,36)/t15-,16-/m0/s1. The van der Waals surface area contributed by atoms with E-state index in [1.807, 2.05) is 11.9 Å². The number of ether oxygens (including phenoxy) is 1. The summed E-state index contributed by atoms with van der Waals surface area (Å²) in [6, 6.07) is 6.06. The number of amides is 1. The van der Waals surface area contributed by atoms with Crippen LogP contribution in [-0.4, -0.2) is 89.1 Å². The van der Waals surface area contributed by atoms with Crippen LogP contribution in [0.1, 0.15) is 19.3 Å². The lowest BCUT2D eigenvalue weighted by Gasteiger charge is -2.41. The Morgan fingerprint density at radius 1 is 1.20 bits per heavy atom. The van der Waals surface area contributed by atoms with Crippen LogP contribution < -0.4 is 21.1 Å². The fraction of sp³-hybridized carbons (Fsp3) is 0.414. The van der Waals surface area contributed by atoms with E-state index in [1.165, 1.54) is 12.1 Å². The number of likely N-dealkylation sites (N-methyl/N-ethyl adjacent to an activating group) is 1. The SMILES string of the molecule is CN1CCC[C@H]1COc1nc(N2CCN(C(=O)CN)[C@@H](CC#N)C2)c2cc(Cl)c(-c3ccc(F)c4sc(N)nc34)c(F)c2n1. The van der Waals surface area contributed by atoms with E-state index in [0.29, 0.717) is 30.9 Å². The number of likely N-dealkylation sites (tertiary alicyclic amines) is 1. The normalized spacial score (nSPS) is 19.2. The third-order valence-corrected chi connectivity index (χ3v) is 9.50. The predicted molar refractivity (Wildman–Crippen MR) is 166 cm³/mol. The molecule has 1 amide bonds. The van der Waals surface area contributed by atoms with Gasteiger partial charge in [0, 0.05) is 42.2 Å². The molecule has 2 aliphatic rings. The molecular formula is C29H30ClF2N9O2S. The van der Waals surface area contributed by atoms with Crippen LogP contribution in [0.15, 0.2) is 18.2 Å². The van der Waals surface area contributed by atoms with Crippen LogP contribution in [0.5, 0.6) is 6.01 Å². The summed E-state index contributed by atoms with van der Waals surface area (Å²) in [4.78, 5) is 31.6. The molecule has 4 heterocycles. The predicted octanol–water partition coefficient (Wildman–Crippen LogP) is 3.78. The molecular weight excluding hydrogens is 612 g/mol. The van der Waals surface area contributed by atoms with Crippen molar-refractivity contribution >= 4 is 60.9 Å². The van der Waals surface area contributed by atoms with Gasteiger partial charge in [-0.1, -0.05) is 22.9 Å². The van der Waals surface area contributed by atoms with Crippen molar-refractivity contribution in [3.8, 4) is 23.2 Å². The van der Waals surface area contributed by atoms with E-state index in [4.69, 9.17) is 32.8 Å². The van der Waals surface area contributed by atoms with Gasteiger partial charge in [0.25, 0.3) is 0 Å². The van der Waals surface area contributed by atoms with Gasteiger partial charge >= 0.3 is 6.01 Å². The summed E-state index contributed by atoms with van der Waals surface area (Å²) in [5.41, 5.74) is 11.9. The third-order valence-electron chi connectivity index (χ3n) is 8.30. The number of halogens is 3. The van der Waals surface area contributed by atoms with Crippen molar-refractivity contribution in [1.82, 2.24) is 24.8 Å². The Labute approximate surface area is 261 Å². The number of benzene rings is 2. The molecule has 2 aromatic carbocycles. The van der Waals surface area contributed by atoms with Gasteiger partial charge < -0.3 is 30.9 Å². The van der Waals surface area contributed by atoms with Gasteiger partial charge in [0.15, 0.2) is 10.9 Å². The van der Waals surface area contributed by atoms with Crippen molar-refractivity contribution in [3.63, 3.8) is 0 Å². The van der Waals surface area contributed by atoms with Gasteiger partial charge in [-0.25, -0.2) is 13.8 Å². The molecule has 0 spiro atoms. The molecule has 0 bridgehead atoms. The molecule has 4 N–H and O–H groups in total. The molecule has 2 saturated heterocycles. The number of nitrogens with two attached hydrogens (primary N) is 2. The molecule has 2 aromatic heterocycles. The molecule has 11 nitrogen and oxygen atoms in total. The van der Waals surface area contributed by atoms with E-state index >= 15 is 4.39 Å². The summed E-state index contributed by atoms with van der Waals surface area (Å²) in [5.74, 6) is -1.16. The smallest absolute Gasteiger partial charge is 0.319 e. The first-order chi connectivity index (χ1) is 21.2. The van der Waals surface area contributed by atoms with Gasteiger partial charge in [0.1, 0.15) is 23.8 Å². The van der Waals surface area contributed by atoms with Gasteiger partial charge in [-0.3, -0.25) is 4.79 Å². The summed E-state index contributed by atoms with van der Waals surface area (Å²) >= 11 is 7.72. The van der Waals surface area contributed by atoms with Gasteiger partial charge in [0.05, 0.1) is 40.3 Å². The van der Waals surface area contributed by atoms with E-state index in [1.54, 1.807) is 11.0 Å². The summed E-state index contributed by atoms with van der Waals surface area (Å²) in [5, 5.41) is 9.99. The quantitative estimate of drug-likeness (QED) is 0.305.